The van der Waals surface area contributed by atoms with Gasteiger partial charge in [-0.25, -0.2) is 0 Å². The Hall–Kier alpha value is -0.850. The van der Waals surface area contributed by atoms with Gasteiger partial charge in [0.1, 0.15) is 0 Å². The van der Waals surface area contributed by atoms with Crippen molar-refractivity contribution in [3.8, 4) is 0 Å². The quantitative estimate of drug-likeness (QED) is 0.827. The minimum atomic E-state index is -2.44. The second kappa shape index (κ2) is 7.81. The number of hydrogen-bond acceptors (Lipinski definition) is 3. The Bertz CT molecular complexity index is 531. The molecular weight excluding hydrogens is 342 g/mol. The normalized spacial score (nSPS) is 26.0. The lowest BCUT2D eigenvalue weighted by Crippen LogP contribution is -2.48. The molecule has 2 aliphatic rings. The Labute approximate surface area is 145 Å². The van der Waals surface area contributed by atoms with Crippen LogP contribution in [0, 0.1) is 0 Å². The van der Waals surface area contributed by atoms with Crippen molar-refractivity contribution in [2.75, 3.05) is 7.05 Å². The van der Waals surface area contributed by atoms with Gasteiger partial charge in [-0.2, -0.15) is 8.78 Å². The van der Waals surface area contributed by atoms with Crippen LogP contribution in [0.15, 0.2) is 29.2 Å². The first kappa shape index (κ1) is 18.5. The van der Waals surface area contributed by atoms with Crippen molar-refractivity contribution >= 4 is 30.1 Å². The third-order valence-electron chi connectivity index (χ3n) is 4.64. The van der Waals surface area contributed by atoms with E-state index in [2.05, 4.69) is 5.32 Å². The Balaban J connectivity index is 0.00000192. The average molecular weight is 363 g/mol. The molecule has 0 aromatic heterocycles. The van der Waals surface area contributed by atoms with E-state index >= 15 is 0 Å². The highest BCUT2D eigenvalue weighted by Crippen LogP contribution is 2.30. The summed E-state index contributed by atoms with van der Waals surface area (Å²) in [7, 11) is 1.85. The van der Waals surface area contributed by atoms with Crippen LogP contribution in [0.5, 0.6) is 0 Å². The highest BCUT2D eigenvalue weighted by Gasteiger charge is 2.36. The maximum atomic E-state index is 12.6. The first-order chi connectivity index (χ1) is 10.5. The minimum absolute atomic E-state index is 0. The molecule has 1 aromatic rings. The summed E-state index contributed by atoms with van der Waals surface area (Å²) in [6, 6.07) is 7.78. The zero-order chi connectivity index (χ0) is 15.7. The number of halogens is 3. The number of rotatable bonds is 4. The Morgan fingerprint density at radius 3 is 2.30 bits per heavy atom. The lowest BCUT2D eigenvalue weighted by molar-refractivity contribution is 0.0681. The van der Waals surface area contributed by atoms with E-state index in [9.17, 15) is 13.6 Å². The van der Waals surface area contributed by atoms with Crippen LogP contribution in [-0.2, 0) is 0 Å². The molecule has 0 radical (unpaired) electrons. The molecule has 128 valence electrons. The van der Waals surface area contributed by atoms with E-state index < -0.39 is 5.76 Å². The van der Waals surface area contributed by atoms with Gasteiger partial charge in [0.15, 0.2) is 0 Å². The van der Waals surface area contributed by atoms with Gasteiger partial charge in [-0.3, -0.25) is 4.79 Å². The number of thioether (sulfide) groups is 1. The molecular formula is C16H21ClF2N2OS. The molecule has 1 N–H and O–H groups in total. The predicted octanol–water partition coefficient (Wildman–Crippen LogP) is 3.78. The number of nitrogens with zero attached hydrogens (tertiary/aromatic N) is 1. The maximum Gasteiger partial charge on any atom is 0.288 e. The van der Waals surface area contributed by atoms with Crippen LogP contribution in [0.2, 0.25) is 0 Å². The van der Waals surface area contributed by atoms with E-state index in [1.165, 1.54) is 12.8 Å². The molecule has 2 bridgehead atoms. The van der Waals surface area contributed by atoms with Gasteiger partial charge in [0.05, 0.1) is 0 Å². The monoisotopic (exact) mass is 362 g/mol. The lowest BCUT2D eigenvalue weighted by Gasteiger charge is -2.35. The molecule has 23 heavy (non-hydrogen) atoms. The third-order valence-corrected chi connectivity index (χ3v) is 5.37. The summed E-state index contributed by atoms with van der Waals surface area (Å²) in [5.41, 5.74) is 0.562. The van der Waals surface area contributed by atoms with Crippen molar-refractivity contribution in [2.24, 2.45) is 0 Å². The van der Waals surface area contributed by atoms with Crippen molar-refractivity contribution in [3.63, 3.8) is 0 Å². The maximum absolute atomic E-state index is 12.6. The average Bonchev–Trinajstić information content (AvgIpc) is 2.84. The van der Waals surface area contributed by atoms with Gasteiger partial charge in [0.25, 0.3) is 11.7 Å². The van der Waals surface area contributed by atoms with E-state index in [0.29, 0.717) is 34.3 Å². The number of hydrogen-bond donors (Lipinski definition) is 1. The molecule has 2 heterocycles. The Kier molecular flexibility index (Phi) is 6.28. The summed E-state index contributed by atoms with van der Waals surface area (Å²) in [6.45, 7) is 0. The molecule has 3 rings (SSSR count). The van der Waals surface area contributed by atoms with Crippen molar-refractivity contribution < 1.29 is 13.6 Å². The molecule has 2 unspecified atom stereocenters. The van der Waals surface area contributed by atoms with Crippen LogP contribution < -0.4 is 5.32 Å². The van der Waals surface area contributed by atoms with Crippen molar-refractivity contribution in [3.05, 3.63) is 29.8 Å². The summed E-state index contributed by atoms with van der Waals surface area (Å²) < 4.78 is 24.6. The highest BCUT2D eigenvalue weighted by molar-refractivity contribution is 7.99. The molecule has 2 fully saturated rings. The summed E-state index contributed by atoms with van der Waals surface area (Å²) in [5, 5.41) is 3.57. The van der Waals surface area contributed by atoms with Crippen LogP contribution >= 0.6 is 24.2 Å². The van der Waals surface area contributed by atoms with Crippen LogP contribution in [0.3, 0.4) is 0 Å². The molecule has 0 saturated carbocycles. The first-order valence-corrected chi connectivity index (χ1v) is 8.49. The van der Waals surface area contributed by atoms with Gasteiger partial charge < -0.3 is 10.2 Å². The summed E-state index contributed by atoms with van der Waals surface area (Å²) in [5.74, 6) is -2.46. The molecule has 2 atom stereocenters. The first-order valence-electron chi connectivity index (χ1n) is 7.61. The standard InChI is InChI=1S/C16H20F2N2OS.ClH/c1-20(13-8-11-4-5-12(9-13)19-11)15(21)10-2-6-14(7-3-10)22-16(17)18;/h2-3,6-7,11-13,16,19H,4-5,8-9H2,1H3;1H. The largest absolute Gasteiger partial charge is 0.339 e. The van der Waals surface area contributed by atoms with Crippen LogP contribution in [0.4, 0.5) is 8.78 Å². The van der Waals surface area contributed by atoms with Gasteiger partial charge in [0.2, 0.25) is 0 Å². The third kappa shape index (κ3) is 4.37. The van der Waals surface area contributed by atoms with Crippen molar-refractivity contribution in [2.45, 2.75) is 54.5 Å². The second-order valence-electron chi connectivity index (χ2n) is 6.08. The van der Waals surface area contributed by atoms with Crippen LogP contribution in [0.25, 0.3) is 0 Å². The van der Waals surface area contributed by atoms with E-state index in [1.807, 2.05) is 11.9 Å². The molecule has 7 heteroatoms. The van der Waals surface area contributed by atoms with E-state index in [4.69, 9.17) is 0 Å². The summed E-state index contributed by atoms with van der Waals surface area (Å²) >= 11 is 0.498. The van der Waals surface area contributed by atoms with Gasteiger partial charge in [-0.05, 0) is 49.9 Å². The van der Waals surface area contributed by atoms with Gasteiger partial charge in [-0.15, -0.1) is 12.4 Å². The summed E-state index contributed by atoms with van der Waals surface area (Å²) in [4.78, 5) is 14.9. The van der Waals surface area contributed by atoms with E-state index in [0.717, 1.165) is 12.8 Å². The molecule has 2 aliphatic heterocycles. The fourth-order valence-electron chi connectivity index (χ4n) is 3.49. The number of benzene rings is 1. The van der Waals surface area contributed by atoms with E-state index in [1.54, 1.807) is 24.3 Å². The van der Waals surface area contributed by atoms with E-state index in [-0.39, 0.29) is 24.4 Å². The number of carbonyl (C=O) groups excluding carboxylic acids is 1. The molecule has 0 aliphatic carbocycles. The zero-order valence-corrected chi connectivity index (χ0v) is 14.5. The molecule has 1 amide bonds. The predicted molar refractivity (Wildman–Crippen MR) is 90.6 cm³/mol. The SMILES string of the molecule is CN(C(=O)c1ccc(SC(F)F)cc1)C1CC2CCC(C1)N2.Cl. The molecule has 3 nitrogen and oxygen atoms in total. The number of fused-ring (bicyclic) bond motifs is 2. The van der Waals surface area contributed by atoms with Crippen molar-refractivity contribution in [1.82, 2.24) is 10.2 Å². The smallest absolute Gasteiger partial charge is 0.288 e. The highest BCUT2D eigenvalue weighted by atomic mass is 35.5. The number of carbonyl (C=O) groups is 1. The number of piperidine rings is 1. The van der Waals surface area contributed by atoms with Gasteiger partial charge in [0, 0.05) is 35.6 Å². The molecule has 0 spiro atoms. The lowest BCUT2D eigenvalue weighted by atomic mass is 9.98. The molecule has 2 saturated heterocycles. The fraction of sp³-hybridized carbons (Fsp3) is 0.562. The number of amides is 1. The Morgan fingerprint density at radius 1 is 1.22 bits per heavy atom. The number of nitrogens with one attached hydrogen (secondary N) is 1. The van der Waals surface area contributed by atoms with Crippen molar-refractivity contribution in [1.29, 1.82) is 0 Å². The molecule has 1 aromatic carbocycles. The van der Waals surface area contributed by atoms with Gasteiger partial charge in [-0.1, -0.05) is 11.8 Å². The number of alkyl halides is 2. The van der Waals surface area contributed by atoms with Crippen LogP contribution in [-0.4, -0.2) is 41.7 Å². The van der Waals surface area contributed by atoms with Crippen LogP contribution in [0.1, 0.15) is 36.0 Å². The topological polar surface area (TPSA) is 32.3 Å². The fourth-order valence-corrected chi connectivity index (χ4v) is 3.99. The Morgan fingerprint density at radius 2 is 1.78 bits per heavy atom. The zero-order valence-electron chi connectivity index (χ0n) is 12.9. The van der Waals surface area contributed by atoms with Gasteiger partial charge >= 0.3 is 0 Å². The minimum Gasteiger partial charge on any atom is -0.339 e. The second-order valence-corrected chi connectivity index (χ2v) is 7.15. The summed E-state index contributed by atoms with van der Waals surface area (Å²) in [6.07, 6.45) is 4.39.